The highest BCUT2D eigenvalue weighted by Gasteiger charge is 2.27. The quantitative estimate of drug-likeness (QED) is 0.242. The van der Waals surface area contributed by atoms with E-state index in [1.807, 2.05) is 32.1 Å². The van der Waals surface area contributed by atoms with Crippen molar-refractivity contribution in [2.75, 3.05) is 0 Å². The minimum atomic E-state index is 0.198. The van der Waals surface area contributed by atoms with Crippen LogP contribution in [0.2, 0.25) is 0 Å². The summed E-state index contributed by atoms with van der Waals surface area (Å²) in [6.45, 7) is 22.0. The molecule has 0 saturated heterocycles. The van der Waals surface area contributed by atoms with Crippen LogP contribution < -0.4 is 0 Å². The van der Waals surface area contributed by atoms with Gasteiger partial charge in [0.25, 0.3) is 0 Å². The van der Waals surface area contributed by atoms with Gasteiger partial charge in [-0.25, -0.2) is 0 Å². The second-order valence-corrected chi connectivity index (χ2v) is 13.1. The number of hydrogen-bond acceptors (Lipinski definition) is 0. The van der Waals surface area contributed by atoms with E-state index in [0.717, 1.165) is 16.7 Å². The van der Waals surface area contributed by atoms with Gasteiger partial charge in [0.05, 0.1) is 2.74 Å². The number of hydrogen-bond donors (Lipinski definition) is 0. The summed E-state index contributed by atoms with van der Waals surface area (Å²) < 4.78 is 16.9. The van der Waals surface area contributed by atoms with Crippen LogP contribution in [0.3, 0.4) is 0 Å². The maximum absolute atomic E-state index is 8.45. The number of rotatable bonds is 10. The molecule has 0 heteroatoms. The predicted octanol–water partition coefficient (Wildman–Crippen LogP) is 12.6. The molecule has 0 heterocycles. The molecule has 0 N–H and O–H groups in total. The summed E-state index contributed by atoms with van der Waals surface area (Å²) in [4.78, 5) is 0. The molecule has 0 spiro atoms. The maximum Gasteiger partial charge on any atom is 0.0625 e. The SMILES string of the molecule is [3H]C(/C=C(C)/C=C/C1=C(C)CCCC1(C)C)=C([3H])\C(C)=C\C=C\C=C(C)\C=C\C=C(C)\C=C\C1=C(C)CCCC1(C)C. The van der Waals surface area contributed by atoms with Crippen molar-refractivity contribution in [1.29, 1.82) is 0 Å². The normalized spacial score (nSPS) is 23.1. The molecule has 0 amide bonds. The average molecular weight is 541 g/mol. The lowest BCUT2D eigenvalue weighted by atomic mass is 9.72. The van der Waals surface area contributed by atoms with Gasteiger partial charge in [-0.1, -0.05) is 146 Å². The van der Waals surface area contributed by atoms with Crippen molar-refractivity contribution in [3.8, 4) is 0 Å². The third kappa shape index (κ3) is 11.3. The average Bonchev–Trinajstić information content (AvgIpc) is 2.89. The van der Waals surface area contributed by atoms with E-state index in [2.05, 4.69) is 104 Å². The highest BCUT2D eigenvalue weighted by atomic mass is 14.3. The Morgan fingerprint density at radius 3 is 1.52 bits per heavy atom. The van der Waals surface area contributed by atoms with Crippen LogP contribution in [-0.2, 0) is 0 Å². The van der Waals surface area contributed by atoms with Crippen LogP contribution in [0, 0.1) is 10.8 Å². The van der Waals surface area contributed by atoms with Gasteiger partial charge in [-0.3, -0.25) is 0 Å². The summed E-state index contributed by atoms with van der Waals surface area (Å²) in [6, 6.07) is 0.481. The molecule has 0 aromatic carbocycles. The molecule has 2 rings (SSSR count). The highest BCUT2D eigenvalue weighted by Crippen LogP contribution is 2.41. The molecule has 0 aromatic rings. The van der Waals surface area contributed by atoms with Crippen molar-refractivity contribution >= 4 is 0 Å². The molecular weight excluding hydrogens is 480 g/mol. The van der Waals surface area contributed by atoms with Gasteiger partial charge in [0, 0.05) is 0 Å². The first kappa shape index (κ1) is 30.1. The fourth-order valence-electron chi connectivity index (χ4n) is 5.67. The predicted molar refractivity (Wildman–Crippen MR) is 181 cm³/mol. The van der Waals surface area contributed by atoms with E-state index >= 15 is 0 Å². The molecule has 0 bridgehead atoms. The Hall–Kier alpha value is -2.86. The van der Waals surface area contributed by atoms with Crippen LogP contribution in [0.5, 0.6) is 0 Å². The van der Waals surface area contributed by atoms with Crippen LogP contribution in [-0.4, -0.2) is 0 Å². The Morgan fingerprint density at radius 2 is 1.02 bits per heavy atom. The van der Waals surface area contributed by atoms with Gasteiger partial charge in [-0.15, -0.1) is 0 Å². The summed E-state index contributed by atoms with van der Waals surface area (Å²) in [6.07, 6.45) is 32.3. The smallest absolute Gasteiger partial charge is 0.0625 e. The van der Waals surface area contributed by atoms with E-state index in [1.165, 1.54) is 66.4 Å². The van der Waals surface area contributed by atoms with E-state index in [9.17, 15) is 0 Å². The van der Waals surface area contributed by atoms with Crippen molar-refractivity contribution in [2.45, 2.75) is 108 Å². The lowest BCUT2D eigenvalue weighted by Crippen LogP contribution is -2.19. The Labute approximate surface area is 250 Å². The molecule has 216 valence electrons. The fourth-order valence-corrected chi connectivity index (χ4v) is 5.67. The molecule has 0 unspecified atom stereocenters. The first-order valence-corrected chi connectivity index (χ1v) is 15.1. The van der Waals surface area contributed by atoms with Crippen molar-refractivity contribution in [2.24, 2.45) is 10.8 Å². The van der Waals surface area contributed by atoms with Crippen LogP contribution in [0.4, 0.5) is 0 Å². The molecule has 2 aliphatic carbocycles. The summed E-state index contributed by atoms with van der Waals surface area (Å²) in [5.74, 6) is 0. The summed E-state index contributed by atoms with van der Waals surface area (Å²) in [5, 5.41) is 0. The van der Waals surface area contributed by atoms with Gasteiger partial charge in [0.1, 0.15) is 0 Å². The highest BCUT2D eigenvalue weighted by molar-refractivity contribution is 5.39. The van der Waals surface area contributed by atoms with Crippen LogP contribution >= 0.6 is 0 Å². The zero-order valence-corrected chi connectivity index (χ0v) is 27.2. The minimum absolute atomic E-state index is 0.198. The topological polar surface area (TPSA) is 0 Å². The van der Waals surface area contributed by atoms with Crippen molar-refractivity contribution in [3.63, 3.8) is 0 Å². The van der Waals surface area contributed by atoms with Gasteiger partial charge in [-0.05, 0) is 102 Å². The Bertz CT molecular complexity index is 1320. The third-order valence-electron chi connectivity index (χ3n) is 8.21. The lowest BCUT2D eigenvalue weighted by Gasteiger charge is -2.33. The van der Waals surface area contributed by atoms with E-state index < -0.39 is 0 Å². The van der Waals surface area contributed by atoms with E-state index in [4.69, 9.17) is 2.74 Å². The fraction of sp³-hybridized carbons (Fsp3) is 0.450. The Kier molecular flexibility index (Phi) is 11.9. The van der Waals surface area contributed by atoms with Crippen molar-refractivity contribution < 1.29 is 2.74 Å². The van der Waals surface area contributed by atoms with Crippen molar-refractivity contribution in [3.05, 3.63) is 130 Å². The molecule has 40 heavy (non-hydrogen) atoms. The third-order valence-corrected chi connectivity index (χ3v) is 8.21. The van der Waals surface area contributed by atoms with Crippen LogP contribution in [0.15, 0.2) is 130 Å². The molecular formula is C40H56. The first-order chi connectivity index (χ1) is 19.6. The second kappa shape index (κ2) is 15.8. The number of allylic oxidation sites excluding steroid dienone is 22. The van der Waals surface area contributed by atoms with Gasteiger partial charge in [0.15, 0.2) is 0 Å². The molecule has 0 radical (unpaired) electrons. The van der Waals surface area contributed by atoms with Gasteiger partial charge < -0.3 is 0 Å². The molecule has 0 aromatic heterocycles. The summed E-state index contributed by atoms with van der Waals surface area (Å²) in [5.41, 5.74) is 10.5. The summed E-state index contributed by atoms with van der Waals surface area (Å²) in [7, 11) is 0. The largest absolute Gasteiger partial charge is 0.0696 e. The van der Waals surface area contributed by atoms with E-state index in [-0.39, 0.29) is 22.9 Å². The standard InChI is InChI=1S/C40H56/c1-31(19-13-21-33(3)25-27-37-35(5)23-15-29-39(37,7)8)17-11-12-18-32(2)20-14-22-34(4)26-28-38-36(6)24-16-30-40(38,9)10/h11-14,17-22,25-28H,15-16,23-24,29-30H2,1-10H3/b12-11+,19-13+,20-14+,27-25+,28-26+,31-17+,32-18+,33-21+,34-22+/i13T,19T. The van der Waals surface area contributed by atoms with Gasteiger partial charge in [0.2, 0.25) is 0 Å². The van der Waals surface area contributed by atoms with Crippen LogP contribution in [0.25, 0.3) is 0 Å². The van der Waals surface area contributed by atoms with Gasteiger partial charge in [-0.2, -0.15) is 0 Å². The summed E-state index contributed by atoms with van der Waals surface area (Å²) >= 11 is 0. The minimum Gasteiger partial charge on any atom is -0.0696 e. The van der Waals surface area contributed by atoms with E-state index in [0.29, 0.717) is 0 Å². The van der Waals surface area contributed by atoms with Crippen molar-refractivity contribution in [1.82, 2.24) is 0 Å². The molecule has 0 aliphatic heterocycles. The lowest BCUT2D eigenvalue weighted by molar-refractivity contribution is 0.376. The van der Waals surface area contributed by atoms with Gasteiger partial charge >= 0.3 is 0 Å². The van der Waals surface area contributed by atoms with E-state index in [1.54, 1.807) is 6.08 Å². The molecule has 0 fully saturated rings. The molecule has 0 nitrogen and oxygen atoms in total. The molecule has 0 saturated carbocycles. The first-order valence-electron chi connectivity index (χ1n) is 16.1. The molecule has 2 aliphatic rings. The Morgan fingerprint density at radius 1 is 0.600 bits per heavy atom. The monoisotopic (exact) mass is 540 g/mol. The zero-order valence-electron chi connectivity index (χ0n) is 29.2. The van der Waals surface area contributed by atoms with Crippen LogP contribution in [0.1, 0.15) is 111 Å². The zero-order chi connectivity index (χ0) is 31.5. The second-order valence-electron chi connectivity index (χ2n) is 13.1. The maximum atomic E-state index is 8.45. The Balaban J connectivity index is 2.00. The molecule has 0 atom stereocenters.